The Hall–Kier alpha value is -1.20. The number of imide groups is 1. The van der Waals surface area contributed by atoms with Crippen LogP contribution in [0.3, 0.4) is 0 Å². The summed E-state index contributed by atoms with van der Waals surface area (Å²) >= 11 is 7.49. The number of amides is 3. The van der Waals surface area contributed by atoms with Gasteiger partial charge in [-0.3, -0.25) is 10.1 Å². The molecule has 1 aromatic carbocycles. The minimum Gasteiger partial charge on any atom is -0.341 e. The van der Waals surface area contributed by atoms with Gasteiger partial charge in [0.25, 0.3) is 0 Å². The van der Waals surface area contributed by atoms with E-state index in [1.54, 1.807) is 0 Å². The first kappa shape index (κ1) is 14.9. The summed E-state index contributed by atoms with van der Waals surface area (Å²) in [5.41, 5.74) is 0.983. The lowest BCUT2D eigenvalue weighted by Gasteiger charge is -2.12. The van der Waals surface area contributed by atoms with Crippen molar-refractivity contribution in [3.05, 3.63) is 34.9 Å². The molecular weight excluding hydrogens is 272 g/mol. The first-order chi connectivity index (χ1) is 8.54. The van der Waals surface area contributed by atoms with Crippen molar-refractivity contribution in [1.29, 1.82) is 0 Å². The van der Waals surface area contributed by atoms with E-state index in [1.807, 2.05) is 31.2 Å². The Kier molecular flexibility index (Phi) is 6.01. The van der Waals surface area contributed by atoms with Gasteiger partial charge in [0.2, 0.25) is 5.91 Å². The van der Waals surface area contributed by atoms with E-state index >= 15 is 0 Å². The Morgan fingerprint density at radius 3 is 2.67 bits per heavy atom. The molecule has 0 heterocycles. The summed E-state index contributed by atoms with van der Waals surface area (Å²) in [6.07, 6.45) is 0. The summed E-state index contributed by atoms with van der Waals surface area (Å²) in [4.78, 5) is 22.3. The van der Waals surface area contributed by atoms with E-state index in [2.05, 4.69) is 10.6 Å². The monoisotopic (exact) mass is 286 g/mol. The van der Waals surface area contributed by atoms with Gasteiger partial charge in [-0.05, 0) is 18.6 Å². The van der Waals surface area contributed by atoms with Gasteiger partial charge in [0.1, 0.15) is 0 Å². The maximum Gasteiger partial charge on any atom is 0.321 e. The topological polar surface area (TPSA) is 58.2 Å². The fraction of sp³-hybridized carbons (Fsp3) is 0.333. The third-order valence-corrected chi connectivity index (χ3v) is 3.81. The molecule has 6 heteroatoms. The highest BCUT2D eigenvalue weighted by atomic mass is 35.5. The van der Waals surface area contributed by atoms with Gasteiger partial charge in [0.15, 0.2) is 0 Å². The number of rotatable bonds is 4. The Morgan fingerprint density at radius 1 is 1.39 bits per heavy atom. The molecule has 1 unspecified atom stereocenters. The SMILES string of the molecule is CNC(=O)NC(=O)CSC(C)c1ccccc1Cl. The van der Waals surface area contributed by atoms with Crippen molar-refractivity contribution in [2.45, 2.75) is 12.2 Å². The maximum atomic E-state index is 11.4. The van der Waals surface area contributed by atoms with Gasteiger partial charge in [0.05, 0.1) is 5.75 Å². The van der Waals surface area contributed by atoms with Crippen LogP contribution in [0.2, 0.25) is 5.02 Å². The lowest BCUT2D eigenvalue weighted by Crippen LogP contribution is -2.38. The van der Waals surface area contributed by atoms with Gasteiger partial charge < -0.3 is 5.32 Å². The van der Waals surface area contributed by atoms with Gasteiger partial charge in [-0.15, -0.1) is 11.8 Å². The molecule has 1 rings (SSSR count). The van der Waals surface area contributed by atoms with Crippen LogP contribution in [0.25, 0.3) is 0 Å². The third kappa shape index (κ3) is 4.58. The Morgan fingerprint density at radius 2 is 2.06 bits per heavy atom. The van der Waals surface area contributed by atoms with E-state index in [0.717, 1.165) is 5.56 Å². The third-order valence-electron chi connectivity index (χ3n) is 2.29. The van der Waals surface area contributed by atoms with E-state index < -0.39 is 6.03 Å². The number of benzene rings is 1. The van der Waals surface area contributed by atoms with Crippen molar-refractivity contribution in [3.63, 3.8) is 0 Å². The highest BCUT2D eigenvalue weighted by Gasteiger charge is 2.12. The van der Waals surface area contributed by atoms with Crippen LogP contribution in [0.4, 0.5) is 4.79 Å². The molecule has 1 aromatic rings. The second kappa shape index (κ2) is 7.28. The van der Waals surface area contributed by atoms with Gasteiger partial charge in [-0.25, -0.2) is 4.79 Å². The van der Waals surface area contributed by atoms with Crippen molar-refractivity contribution < 1.29 is 9.59 Å². The second-order valence-corrected chi connectivity index (χ2v) is 5.34. The van der Waals surface area contributed by atoms with Crippen molar-refractivity contribution in [2.24, 2.45) is 0 Å². The first-order valence-corrected chi connectivity index (χ1v) is 6.85. The van der Waals surface area contributed by atoms with E-state index in [9.17, 15) is 9.59 Å². The second-order valence-electron chi connectivity index (χ2n) is 3.60. The molecule has 0 aliphatic carbocycles. The number of carbonyl (C=O) groups is 2. The van der Waals surface area contributed by atoms with Gasteiger partial charge in [-0.1, -0.05) is 29.8 Å². The summed E-state index contributed by atoms with van der Waals surface area (Å²) in [7, 11) is 1.46. The molecule has 0 aliphatic heterocycles. The van der Waals surface area contributed by atoms with E-state index in [4.69, 9.17) is 11.6 Å². The Bertz CT molecular complexity index is 440. The van der Waals surface area contributed by atoms with Gasteiger partial charge in [0, 0.05) is 17.3 Å². The number of thioether (sulfide) groups is 1. The predicted molar refractivity (Wildman–Crippen MR) is 74.9 cm³/mol. The zero-order chi connectivity index (χ0) is 13.5. The molecule has 1 atom stereocenters. The number of hydrogen-bond donors (Lipinski definition) is 2. The smallest absolute Gasteiger partial charge is 0.321 e. The fourth-order valence-electron chi connectivity index (χ4n) is 1.32. The van der Waals surface area contributed by atoms with Crippen molar-refractivity contribution in [3.8, 4) is 0 Å². The van der Waals surface area contributed by atoms with E-state index in [1.165, 1.54) is 18.8 Å². The van der Waals surface area contributed by atoms with Crippen molar-refractivity contribution >= 4 is 35.3 Å². The number of hydrogen-bond acceptors (Lipinski definition) is 3. The summed E-state index contributed by atoms with van der Waals surface area (Å²) in [5, 5.41) is 5.31. The highest BCUT2D eigenvalue weighted by Crippen LogP contribution is 2.32. The zero-order valence-corrected chi connectivity index (χ0v) is 11.8. The molecule has 4 nitrogen and oxygen atoms in total. The average Bonchev–Trinajstić information content (AvgIpc) is 2.36. The highest BCUT2D eigenvalue weighted by molar-refractivity contribution is 8.00. The molecule has 0 saturated carbocycles. The van der Waals surface area contributed by atoms with Crippen molar-refractivity contribution in [1.82, 2.24) is 10.6 Å². The number of urea groups is 1. The van der Waals surface area contributed by atoms with Gasteiger partial charge >= 0.3 is 6.03 Å². The molecule has 0 spiro atoms. The molecule has 0 aliphatic rings. The predicted octanol–water partition coefficient (Wildman–Crippen LogP) is 2.59. The normalized spacial score (nSPS) is 11.7. The lowest BCUT2D eigenvalue weighted by molar-refractivity contribution is -0.117. The van der Waals surface area contributed by atoms with E-state index in [0.29, 0.717) is 5.02 Å². The minimum atomic E-state index is -0.494. The van der Waals surface area contributed by atoms with Crippen molar-refractivity contribution in [2.75, 3.05) is 12.8 Å². The van der Waals surface area contributed by atoms with Crippen LogP contribution >= 0.6 is 23.4 Å². The maximum absolute atomic E-state index is 11.4. The molecule has 18 heavy (non-hydrogen) atoms. The van der Waals surface area contributed by atoms with Crippen LogP contribution in [0.1, 0.15) is 17.7 Å². The molecule has 0 saturated heterocycles. The average molecular weight is 287 g/mol. The molecule has 0 fully saturated rings. The Labute approximate surface area is 115 Å². The zero-order valence-electron chi connectivity index (χ0n) is 10.2. The molecule has 2 N–H and O–H groups in total. The molecule has 3 amide bonds. The Balaban J connectivity index is 2.47. The van der Waals surface area contributed by atoms with E-state index in [-0.39, 0.29) is 16.9 Å². The molecule has 98 valence electrons. The molecule has 0 bridgehead atoms. The fourth-order valence-corrected chi connectivity index (χ4v) is 2.54. The van der Waals surface area contributed by atoms with Crippen LogP contribution in [0, 0.1) is 0 Å². The molecule has 0 aromatic heterocycles. The quantitative estimate of drug-likeness (QED) is 0.894. The number of halogens is 1. The number of nitrogens with one attached hydrogen (secondary N) is 2. The van der Waals surface area contributed by atoms with Crippen LogP contribution in [0.15, 0.2) is 24.3 Å². The summed E-state index contributed by atoms with van der Waals surface area (Å²) in [6, 6.07) is 7.02. The van der Waals surface area contributed by atoms with Gasteiger partial charge in [-0.2, -0.15) is 0 Å². The molecule has 0 radical (unpaired) electrons. The first-order valence-electron chi connectivity index (χ1n) is 5.42. The molecular formula is C12H15ClN2O2S. The number of carbonyl (C=O) groups excluding carboxylic acids is 2. The standard InChI is InChI=1S/C12H15ClN2O2S/c1-8(9-5-3-4-6-10(9)13)18-7-11(16)15-12(17)14-2/h3-6,8H,7H2,1-2H3,(H2,14,15,16,17). The van der Waals surface area contributed by atoms with Crippen LogP contribution in [-0.4, -0.2) is 24.7 Å². The summed E-state index contributed by atoms with van der Waals surface area (Å²) < 4.78 is 0. The minimum absolute atomic E-state index is 0.0918. The summed E-state index contributed by atoms with van der Waals surface area (Å²) in [6.45, 7) is 1.97. The van der Waals surface area contributed by atoms with Crippen LogP contribution in [0.5, 0.6) is 0 Å². The van der Waals surface area contributed by atoms with Crippen LogP contribution < -0.4 is 10.6 Å². The lowest BCUT2D eigenvalue weighted by atomic mass is 10.2. The largest absolute Gasteiger partial charge is 0.341 e. The van der Waals surface area contributed by atoms with Crippen LogP contribution in [-0.2, 0) is 4.79 Å². The summed E-state index contributed by atoms with van der Waals surface area (Å²) in [5.74, 6) is -0.113.